The zero-order valence-corrected chi connectivity index (χ0v) is 12.8. The summed E-state index contributed by atoms with van der Waals surface area (Å²) >= 11 is 0. The van der Waals surface area contributed by atoms with Gasteiger partial charge in [0.2, 0.25) is 5.91 Å². The highest BCUT2D eigenvalue weighted by Crippen LogP contribution is 2.14. The minimum absolute atomic E-state index is 0.0532. The molecule has 0 aliphatic heterocycles. The third-order valence-electron chi connectivity index (χ3n) is 3.07. The predicted molar refractivity (Wildman–Crippen MR) is 85.3 cm³/mol. The van der Waals surface area contributed by atoms with Crippen molar-refractivity contribution in [1.82, 2.24) is 15.4 Å². The fourth-order valence-electron chi connectivity index (χ4n) is 2.04. The second-order valence-electron chi connectivity index (χ2n) is 5.11. The second kappa shape index (κ2) is 6.86. The van der Waals surface area contributed by atoms with E-state index in [9.17, 15) is 9.18 Å². The van der Waals surface area contributed by atoms with Gasteiger partial charge in [0.05, 0.1) is 6.42 Å². The highest BCUT2D eigenvalue weighted by Gasteiger charge is 2.07. The Kier molecular flexibility index (Phi) is 4.46. The van der Waals surface area contributed by atoms with Crippen LogP contribution in [0.3, 0.4) is 0 Å². The Hall–Kier alpha value is -3.29. The first kappa shape index (κ1) is 15.6. The van der Waals surface area contributed by atoms with Gasteiger partial charge in [0.1, 0.15) is 11.6 Å². The number of aromatic nitrogens is 3. The molecule has 0 saturated carbocycles. The maximum Gasteiger partial charge on any atom is 0.229 e. The number of anilines is 3. The SMILES string of the molecule is Cc1cc(Nc2ccc(NC(=O)Cc3cccc(F)c3)nn2)no1. The Bertz CT molecular complexity index is 848. The molecule has 1 aromatic carbocycles. The van der Waals surface area contributed by atoms with E-state index in [0.717, 1.165) is 0 Å². The molecule has 0 spiro atoms. The van der Waals surface area contributed by atoms with Crippen LogP contribution in [0.1, 0.15) is 11.3 Å². The number of aryl methyl sites for hydroxylation is 1. The molecule has 2 heterocycles. The summed E-state index contributed by atoms with van der Waals surface area (Å²) in [5.74, 6) is 1.28. The lowest BCUT2D eigenvalue weighted by Crippen LogP contribution is -2.15. The first-order valence-electron chi connectivity index (χ1n) is 7.17. The van der Waals surface area contributed by atoms with Crippen LogP contribution in [-0.2, 0) is 11.2 Å². The van der Waals surface area contributed by atoms with Gasteiger partial charge in [-0.05, 0) is 36.8 Å². The topological polar surface area (TPSA) is 92.9 Å². The third kappa shape index (κ3) is 4.13. The van der Waals surface area contributed by atoms with Crippen molar-refractivity contribution in [1.29, 1.82) is 0 Å². The van der Waals surface area contributed by atoms with E-state index in [0.29, 0.717) is 28.8 Å². The summed E-state index contributed by atoms with van der Waals surface area (Å²) in [5.41, 5.74) is 0.583. The van der Waals surface area contributed by atoms with Gasteiger partial charge in [-0.3, -0.25) is 4.79 Å². The quantitative estimate of drug-likeness (QED) is 0.748. The molecule has 24 heavy (non-hydrogen) atoms. The zero-order chi connectivity index (χ0) is 16.9. The number of hydrogen-bond donors (Lipinski definition) is 2. The van der Waals surface area contributed by atoms with Gasteiger partial charge in [0, 0.05) is 6.07 Å². The molecule has 0 aliphatic rings. The Balaban J connectivity index is 1.58. The van der Waals surface area contributed by atoms with Crippen molar-refractivity contribution >= 4 is 23.4 Å². The molecule has 1 amide bonds. The number of hydrogen-bond acceptors (Lipinski definition) is 6. The lowest BCUT2D eigenvalue weighted by molar-refractivity contribution is -0.115. The molecule has 3 rings (SSSR count). The van der Waals surface area contributed by atoms with Crippen LogP contribution in [0.5, 0.6) is 0 Å². The summed E-state index contributed by atoms with van der Waals surface area (Å²) in [6.07, 6.45) is 0.0532. The van der Waals surface area contributed by atoms with Crippen molar-refractivity contribution in [3.63, 3.8) is 0 Å². The van der Waals surface area contributed by atoms with Crippen molar-refractivity contribution in [3.8, 4) is 0 Å². The monoisotopic (exact) mass is 327 g/mol. The summed E-state index contributed by atoms with van der Waals surface area (Å²) in [7, 11) is 0. The van der Waals surface area contributed by atoms with Crippen LogP contribution in [0.15, 0.2) is 47.0 Å². The Morgan fingerprint density at radius 1 is 1.12 bits per heavy atom. The molecular formula is C16H14FN5O2. The van der Waals surface area contributed by atoms with Crippen molar-refractivity contribution < 1.29 is 13.7 Å². The van der Waals surface area contributed by atoms with Gasteiger partial charge in [0.25, 0.3) is 0 Å². The van der Waals surface area contributed by atoms with Crippen LogP contribution in [-0.4, -0.2) is 21.3 Å². The normalized spacial score (nSPS) is 10.4. The fourth-order valence-corrected chi connectivity index (χ4v) is 2.04. The van der Waals surface area contributed by atoms with Crippen LogP contribution >= 0.6 is 0 Å². The summed E-state index contributed by atoms with van der Waals surface area (Å²) in [6, 6.07) is 10.9. The van der Waals surface area contributed by atoms with E-state index in [1.165, 1.54) is 12.1 Å². The van der Waals surface area contributed by atoms with Gasteiger partial charge >= 0.3 is 0 Å². The number of nitrogens with one attached hydrogen (secondary N) is 2. The highest BCUT2D eigenvalue weighted by atomic mass is 19.1. The maximum absolute atomic E-state index is 13.1. The maximum atomic E-state index is 13.1. The molecule has 0 atom stereocenters. The Labute approximate surface area is 136 Å². The van der Waals surface area contributed by atoms with E-state index in [1.54, 1.807) is 37.3 Å². The van der Waals surface area contributed by atoms with E-state index < -0.39 is 0 Å². The molecule has 0 bridgehead atoms. The van der Waals surface area contributed by atoms with E-state index in [-0.39, 0.29) is 18.1 Å². The Morgan fingerprint density at radius 3 is 2.58 bits per heavy atom. The number of amides is 1. The smallest absolute Gasteiger partial charge is 0.229 e. The van der Waals surface area contributed by atoms with E-state index in [1.807, 2.05) is 0 Å². The van der Waals surface area contributed by atoms with Gasteiger partial charge in [-0.1, -0.05) is 17.3 Å². The van der Waals surface area contributed by atoms with E-state index in [2.05, 4.69) is 26.0 Å². The van der Waals surface area contributed by atoms with Crippen LogP contribution in [0.2, 0.25) is 0 Å². The molecule has 0 saturated heterocycles. The first-order chi connectivity index (χ1) is 11.6. The average molecular weight is 327 g/mol. The van der Waals surface area contributed by atoms with Gasteiger partial charge in [-0.2, -0.15) is 0 Å². The number of rotatable bonds is 5. The summed E-state index contributed by atoms with van der Waals surface area (Å²) < 4.78 is 18.0. The molecule has 0 aliphatic carbocycles. The molecule has 0 radical (unpaired) electrons. The number of carbonyl (C=O) groups excluding carboxylic acids is 1. The largest absolute Gasteiger partial charge is 0.360 e. The lowest BCUT2D eigenvalue weighted by atomic mass is 10.1. The van der Waals surface area contributed by atoms with Gasteiger partial charge in [-0.25, -0.2) is 4.39 Å². The molecule has 8 heteroatoms. The summed E-state index contributed by atoms with van der Waals surface area (Å²) in [4.78, 5) is 11.9. The zero-order valence-electron chi connectivity index (χ0n) is 12.8. The van der Waals surface area contributed by atoms with Crippen molar-refractivity contribution in [2.75, 3.05) is 10.6 Å². The van der Waals surface area contributed by atoms with E-state index in [4.69, 9.17) is 4.52 Å². The highest BCUT2D eigenvalue weighted by molar-refractivity contribution is 5.91. The predicted octanol–water partition coefficient (Wildman–Crippen LogP) is 2.84. The van der Waals surface area contributed by atoms with Crippen LogP contribution in [0, 0.1) is 12.7 Å². The Morgan fingerprint density at radius 2 is 1.92 bits per heavy atom. The number of nitrogens with zero attached hydrogens (tertiary/aromatic N) is 3. The van der Waals surface area contributed by atoms with Crippen LogP contribution in [0.25, 0.3) is 0 Å². The first-order valence-corrected chi connectivity index (χ1v) is 7.17. The van der Waals surface area contributed by atoms with Gasteiger partial charge in [-0.15, -0.1) is 10.2 Å². The molecule has 0 unspecified atom stereocenters. The minimum atomic E-state index is -0.376. The minimum Gasteiger partial charge on any atom is -0.360 e. The van der Waals surface area contributed by atoms with Gasteiger partial charge < -0.3 is 15.2 Å². The van der Waals surface area contributed by atoms with Crippen LogP contribution < -0.4 is 10.6 Å². The van der Waals surface area contributed by atoms with Crippen molar-refractivity contribution in [3.05, 3.63) is 59.6 Å². The number of benzene rings is 1. The second-order valence-corrected chi connectivity index (χ2v) is 5.11. The van der Waals surface area contributed by atoms with Gasteiger partial charge in [0.15, 0.2) is 17.5 Å². The molecular weight excluding hydrogens is 313 g/mol. The van der Waals surface area contributed by atoms with Crippen molar-refractivity contribution in [2.45, 2.75) is 13.3 Å². The standard InChI is InChI=1S/C16H14FN5O2/c1-10-7-15(22-24-10)18-13-5-6-14(21-20-13)19-16(23)9-11-3-2-4-12(17)8-11/h2-8H,9H2,1H3,(H,18,20,22)(H,19,21,23). The van der Waals surface area contributed by atoms with Crippen molar-refractivity contribution in [2.24, 2.45) is 0 Å². The lowest BCUT2D eigenvalue weighted by Gasteiger charge is -2.05. The number of carbonyl (C=O) groups is 1. The molecule has 3 aromatic rings. The molecule has 0 fully saturated rings. The fraction of sp³-hybridized carbons (Fsp3) is 0.125. The molecule has 7 nitrogen and oxygen atoms in total. The molecule has 2 N–H and O–H groups in total. The third-order valence-corrected chi connectivity index (χ3v) is 3.07. The molecule has 122 valence electrons. The summed E-state index contributed by atoms with van der Waals surface area (Å²) in [5, 5.41) is 17.2. The average Bonchev–Trinajstić information content (AvgIpc) is 2.94. The number of halogens is 1. The summed E-state index contributed by atoms with van der Waals surface area (Å²) in [6.45, 7) is 1.78. The van der Waals surface area contributed by atoms with Crippen LogP contribution in [0.4, 0.5) is 21.8 Å². The molecule has 2 aromatic heterocycles. The van der Waals surface area contributed by atoms with E-state index >= 15 is 0 Å².